The second kappa shape index (κ2) is 5.58. The fourth-order valence-electron chi connectivity index (χ4n) is 0.434. The summed E-state index contributed by atoms with van der Waals surface area (Å²) in [5.74, 6) is -0.591. The highest BCUT2D eigenvalue weighted by atomic mass is 32.2. The molecule has 0 atom stereocenters. The predicted molar refractivity (Wildman–Crippen MR) is 48.0 cm³/mol. The van der Waals surface area contributed by atoms with Crippen LogP contribution >= 0.6 is 11.8 Å². The predicted octanol–water partition coefficient (Wildman–Crippen LogP) is 2.17. The molecule has 1 aliphatic rings. The molecule has 1 fully saturated rings. The lowest BCUT2D eigenvalue weighted by atomic mass is 10.5. The van der Waals surface area contributed by atoms with Crippen LogP contribution in [0.4, 0.5) is 9.59 Å². The maximum atomic E-state index is 10.5. The Balaban J connectivity index is 0.000000671. The van der Waals surface area contributed by atoms with Crippen LogP contribution in [0.2, 0.25) is 0 Å². The van der Waals surface area contributed by atoms with Gasteiger partial charge < -0.3 is 4.84 Å². The van der Waals surface area contributed by atoms with Crippen molar-refractivity contribution >= 4 is 28.2 Å². The topological polar surface area (TPSA) is 63.7 Å². The Morgan fingerprint density at radius 1 is 1.38 bits per heavy atom. The molecule has 5 nitrogen and oxygen atoms in total. The molecule has 0 aromatic carbocycles. The van der Waals surface area contributed by atoms with E-state index in [1.165, 1.54) is 0 Å². The van der Waals surface area contributed by atoms with Crippen molar-refractivity contribution in [2.24, 2.45) is 0 Å². The van der Waals surface area contributed by atoms with Crippen LogP contribution in [0.1, 0.15) is 27.2 Å². The first-order valence-corrected chi connectivity index (χ1v) is 4.73. The van der Waals surface area contributed by atoms with Crippen LogP contribution in [0.15, 0.2) is 0 Å². The summed E-state index contributed by atoms with van der Waals surface area (Å²) in [5.41, 5.74) is 0. The first kappa shape index (κ1) is 12.0. The third kappa shape index (κ3) is 3.06. The summed E-state index contributed by atoms with van der Waals surface area (Å²) < 4.78 is 0. The average molecular weight is 205 g/mol. The van der Waals surface area contributed by atoms with E-state index >= 15 is 0 Å². The van der Waals surface area contributed by atoms with E-state index in [1.54, 1.807) is 6.92 Å². The molecule has 1 aliphatic heterocycles. The van der Waals surface area contributed by atoms with Gasteiger partial charge in [0, 0.05) is 18.2 Å². The minimum atomic E-state index is -0.591. The number of amides is 2. The van der Waals surface area contributed by atoms with Crippen molar-refractivity contribution < 1.29 is 19.2 Å². The number of hydrogen-bond donors (Lipinski definition) is 0. The maximum Gasteiger partial charge on any atom is 0.333 e. The number of carbonyl (C=O) groups excluding carboxylic acids is 3. The van der Waals surface area contributed by atoms with Crippen molar-refractivity contribution in [2.45, 2.75) is 27.2 Å². The number of rotatable bonds is 2. The summed E-state index contributed by atoms with van der Waals surface area (Å²) in [6.45, 7) is 5.57. The molecule has 0 spiro atoms. The van der Waals surface area contributed by atoms with Crippen LogP contribution in [0, 0.1) is 0 Å². The lowest BCUT2D eigenvalue weighted by Gasteiger charge is -2.23. The Bertz CT molecular complexity index is 215. The van der Waals surface area contributed by atoms with Gasteiger partial charge in [0.05, 0.1) is 0 Å². The summed E-state index contributed by atoms with van der Waals surface area (Å²) in [4.78, 5) is 35.8. The smallest absolute Gasteiger partial charge is 0.329 e. The third-order valence-corrected chi connectivity index (χ3v) is 1.67. The van der Waals surface area contributed by atoms with Crippen molar-refractivity contribution in [3.8, 4) is 0 Å². The van der Waals surface area contributed by atoms with E-state index in [2.05, 4.69) is 4.84 Å². The molecule has 0 aromatic rings. The van der Waals surface area contributed by atoms with Gasteiger partial charge in [-0.25, -0.2) is 4.79 Å². The summed E-state index contributed by atoms with van der Waals surface area (Å²) >= 11 is 0.515. The van der Waals surface area contributed by atoms with E-state index in [4.69, 9.17) is 0 Å². The van der Waals surface area contributed by atoms with E-state index in [0.29, 0.717) is 16.8 Å². The maximum absolute atomic E-state index is 10.5. The zero-order valence-corrected chi connectivity index (χ0v) is 8.51. The first-order chi connectivity index (χ1) is 6.15. The van der Waals surface area contributed by atoms with Crippen molar-refractivity contribution in [1.29, 1.82) is 0 Å². The summed E-state index contributed by atoms with van der Waals surface area (Å²) in [5, 5.41) is -0.634. The molecule has 0 N–H and O–H groups in total. The number of imide groups is 1. The molecular formula is C7H11NO4S. The highest BCUT2D eigenvalue weighted by Gasteiger charge is 2.39. The molecular weight excluding hydrogens is 194 g/mol. The van der Waals surface area contributed by atoms with Gasteiger partial charge in [-0.3, -0.25) is 9.59 Å². The quantitative estimate of drug-likeness (QED) is 0.691. The fraction of sp³-hybridized carbons (Fsp3) is 0.571. The molecule has 0 aliphatic carbocycles. The number of nitrogens with zero attached hydrogens (tertiary/aromatic N) is 1. The number of hydroxylamine groups is 2. The number of thioether (sulfide) groups is 1. The van der Waals surface area contributed by atoms with E-state index in [0.717, 1.165) is 0 Å². The summed E-state index contributed by atoms with van der Waals surface area (Å²) in [6.07, 6.45) is 0.141. The normalized spacial score (nSPS) is 14.2. The summed E-state index contributed by atoms with van der Waals surface area (Å²) in [6, 6.07) is 0. The van der Waals surface area contributed by atoms with Crippen LogP contribution in [0.3, 0.4) is 0 Å². The Morgan fingerprint density at radius 2 is 1.85 bits per heavy atom. The second-order valence-electron chi connectivity index (χ2n) is 1.75. The monoisotopic (exact) mass is 205 g/mol. The van der Waals surface area contributed by atoms with Crippen LogP contribution in [0.5, 0.6) is 0 Å². The zero-order valence-electron chi connectivity index (χ0n) is 7.70. The Labute approximate surface area is 80.4 Å². The molecule has 0 saturated carbocycles. The Hall–Kier alpha value is -1.04. The SMILES string of the molecule is CC.CCC(=O)ON1C(=O)SC1=O. The molecule has 0 bridgehead atoms. The van der Waals surface area contributed by atoms with Crippen LogP contribution in [-0.2, 0) is 9.63 Å². The van der Waals surface area contributed by atoms with Crippen LogP contribution in [0.25, 0.3) is 0 Å². The third-order valence-electron chi connectivity index (χ3n) is 0.988. The Kier molecular flexibility index (Phi) is 5.13. The van der Waals surface area contributed by atoms with Gasteiger partial charge in [-0.1, -0.05) is 25.8 Å². The summed E-state index contributed by atoms with van der Waals surface area (Å²) in [7, 11) is 0. The van der Waals surface area contributed by atoms with Crippen molar-refractivity contribution in [1.82, 2.24) is 5.06 Å². The van der Waals surface area contributed by atoms with Gasteiger partial charge in [-0.2, -0.15) is 0 Å². The van der Waals surface area contributed by atoms with E-state index < -0.39 is 16.4 Å². The molecule has 74 valence electrons. The van der Waals surface area contributed by atoms with E-state index in [-0.39, 0.29) is 6.42 Å². The van der Waals surface area contributed by atoms with Gasteiger partial charge in [0.2, 0.25) is 0 Å². The van der Waals surface area contributed by atoms with E-state index in [9.17, 15) is 14.4 Å². The first-order valence-electron chi connectivity index (χ1n) is 3.92. The van der Waals surface area contributed by atoms with Crippen molar-refractivity contribution in [3.05, 3.63) is 0 Å². The fourth-order valence-corrected chi connectivity index (χ4v) is 0.857. The van der Waals surface area contributed by atoms with Crippen LogP contribution in [-0.4, -0.2) is 21.5 Å². The largest absolute Gasteiger partial charge is 0.333 e. The van der Waals surface area contributed by atoms with Gasteiger partial charge in [-0.15, -0.1) is 0 Å². The Morgan fingerprint density at radius 3 is 2.15 bits per heavy atom. The minimum Gasteiger partial charge on any atom is -0.329 e. The molecule has 0 radical (unpaired) electrons. The second-order valence-corrected chi connectivity index (χ2v) is 2.65. The minimum absolute atomic E-state index is 0.141. The van der Waals surface area contributed by atoms with Crippen LogP contribution < -0.4 is 0 Å². The highest BCUT2D eigenvalue weighted by Crippen LogP contribution is 2.26. The van der Waals surface area contributed by atoms with Gasteiger partial charge in [0.15, 0.2) is 0 Å². The molecule has 2 amide bonds. The molecule has 0 aromatic heterocycles. The average Bonchev–Trinajstić information content (AvgIpc) is 2.17. The highest BCUT2D eigenvalue weighted by molar-refractivity contribution is 8.28. The molecule has 1 saturated heterocycles. The molecule has 6 heteroatoms. The number of carbonyl (C=O) groups is 3. The number of hydrogen-bond acceptors (Lipinski definition) is 5. The van der Waals surface area contributed by atoms with Gasteiger partial charge in [0.25, 0.3) is 0 Å². The van der Waals surface area contributed by atoms with Crippen molar-refractivity contribution in [2.75, 3.05) is 0 Å². The van der Waals surface area contributed by atoms with Crippen molar-refractivity contribution in [3.63, 3.8) is 0 Å². The lowest BCUT2D eigenvalue weighted by Crippen LogP contribution is -2.42. The molecule has 0 unspecified atom stereocenters. The van der Waals surface area contributed by atoms with E-state index in [1.807, 2.05) is 13.8 Å². The van der Waals surface area contributed by atoms with Gasteiger partial charge in [-0.05, 0) is 0 Å². The lowest BCUT2D eigenvalue weighted by molar-refractivity contribution is -0.165. The standard InChI is InChI=1S/C5H5NO4S.C2H6/c1-2-3(7)10-6-4(8)11-5(6)9;1-2/h2H2,1H3;1-2H3. The molecule has 13 heavy (non-hydrogen) atoms. The van der Waals surface area contributed by atoms with Gasteiger partial charge >= 0.3 is 16.4 Å². The molecule has 1 rings (SSSR count). The van der Waals surface area contributed by atoms with Gasteiger partial charge in [0.1, 0.15) is 0 Å². The zero-order chi connectivity index (χ0) is 10.4. The molecule has 1 heterocycles.